The Morgan fingerprint density at radius 3 is 2.71 bits per heavy atom. The summed E-state index contributed by atoms with van der Waals surface area (Å²) >= 11 is 1.44. The Balaban J connectivity index is 2.43. The summed E-state index contributed by atoms with van der Waals surface area (Å²) in [5.41, 5.74) is 2.13. The molecule has 2 aromatic rings. The van der Waals surface area contributed by atoms with Crippen LogP contribution >= 0.6 is 11.5 Å². The Morgan fingerprint density at radius 1 is 1.41 bits per heavy atom. The van der Waals surface area contributed by atoms with E-state index < -0.39 is 0 Å². The molecule has 0 bridgehead atoms. The first kappa shape index (κ1) is 12.2. The average Bonchev–Trinajstić information content (AvgIpc) is 2.90. The van der Waals surface area contributed by atoms with E-state index in [0.717, 1.165) is 16.3 Å². The molecule has 0 aliphatic rings. The van der Waals surface area contributed by atoms with Crippen LogP contribution in [0.25, 0.3) is 0 Å². The first-order valence-corrected chi connectivity index (χ1v) is 6.42. The first-order valence-electron chi connectivity index (χ1n) is 5.64. The zero-order chi connectivity index (χ0) is 12.4. The smallest absolute Gasteiger partial charge is 0.0874 e. The Kier molecular flexibility index (Phi) is 3.54. The van der Waals surface area contributed by atoms with Crippen molar-refractivity contribution in [2.75, 3.05) is 7.05 Å². The minimum Gasteiger partial charge on any atom is -0.307 e. The van der Waals surface area contributed by atoms with Gasteiger partial charge in [0.1, 0.15) is 0 Å². The van der Waals surface area contributed by atoms with E-state index in [-0.39, 0.29) is 6.04 Å². The zero-order valence-electron chi connectivity index (χ0n) is 10.5. The number of aromatic nitrogens is 4. The number of hydrogen-bond donors (Lipinski definition) is 1. The van der Waals surface area contributed by atoms with Gasteiger partial charge in [0.05, 0.1) is 22.3 Å². The van der Waals surface area contributed by atoms with Gasteiger partial charge in [-0.15, -0.1) is 5.10 Å². The molecule has 2 aromatic heterocycles. The van der Waals surface area contributed by atoms with Crippen molar-refractivity contribution in [1.82, 2.24) is 24.7 Å². The molecule has 2 rings (SSSR count). The molecule has 1 N–H and O–H groups in total. The lowest BCUT2D eigenvalue weighted by Crippen LogP contribution is -2.22. The zero-order valence-corrected chi connectivity index (χ0v) is 11.3. The molecule has 0 saturated carbocycles. The molecule has 17 heavy (non-hydrogen) atoms. The minimum atomic E-state index is 0.111. The summed E-state index contributed by atoms with van der Waals surface area (Å²) in [5, 5.41) is 11.7. The highest BCUT2D eigenvalue weighted by atomic mass is 32.1. The second-order valence-corrected chi connectivity index (χ2v) is 5.02. The van der Waals surface area contributed by atoms with E-state index in [0.29, 0.717) is 6.04 Å². The highest BCUT2D eigenvalue weighted by Crippen LogP contribution is 2.27. The largest absolute Gasteiger partial charge is 0.307 e. The first-order chi connectivity index (χ1) is 8.15. The van der Waals surface area contributed by atoms with Gasteiger partial charge in [-0.05, 0) is 45.4 Å². The van der Waals surface area contributed by atoms with E-state index in [1.165, 1.54) is 11.5 Å². The van der Waals surface area contributed by atoms with E-state index in [1.54, 1.807) is 0 Å². The van der Waals surface area contributed by atoms with Crippen molar-refractivity contribution in [3.63, 3.8) is 0 Å². The normalized spacial score (nSPS) is 13.2. The van der Waals surface area contributed by atoms with Crippen LogP contribution in [0.3, 0.4) is 0 Å². The van der Waals surface area contributed by atoms with E-state index in [4.69, 9.17) is 0 Å². The van der Waals surface area contributed by atoms with Crippen LogP contribution in [0.1, 0.15) is 42.2 Å². The molecule has 0 aromatic carbocycles. The lowest BCUT2D eigenvalue weighted by Gasteiger charge is -2.18. The summed E-state index contributed by atoms with van der Waals surface area (Å²) in [6.07, 6.45) is 1.84. The van der Waals surface area contributed by atoms with Crippen LogP contribution in [-0.4, -0.2) is 26.4 Å². The molecule has 0 radical (unpaired) electrons. The average molecular weight is 251 g/mol. The molecule has 0 aliphatic heterocycles. The van der Waals surface area contributed by atoms with Gasteiger partial charge in [0, 0.05) is 12.2 Å². The highest BCUT2D eigenvalue weighted by Gasteiger charge is 2.21. The maximum absolute atomic E-state index is 4.36. The summed E-state index contributed by atoms with van der Waals surface area (Å²) in [5.74, 6) is 0. The van der Waals surface area contributed by atoms with Crippen LogP contribution < -0.4 is 5.32 Å². The van der Waals surface area contributed by atoms with E-state index >= 15 is 0 Å². The fourth-order valence-corrected chi connectivity index (χ4v) is 2.67. The quantitative estimate of drug-likeness (QED) is 0.902. The highest BCUT2D eigenvalue weighted by molar-refractivity contribution is 7.05. The van der Waals surface area contributed by atoms with Crippen LogP contribution in [0.15, 0.2) is 12.3 Å². The third-order valence-electron chi connectivity index (χ3n) is 2.72. The monoisotopic (exact) mass is 251 g/mol. The van der Waals surface area contributed by atoms with Crippen molar-refractivity contribution in [3.05, 3.63) is 28.5 Å². The summed E-state index contributed by atoms with van der Waals surface area (Å²) < 4.78 is 6.03. The molecule has 0 spiro atoms. The number of nitrogens with zero attached hydrogens (tertiary/aromatic N) is 4. The minimum absolute atomic E-state index is 0.111. The van der Waals surface area contributed by atoms with Crippen molar-refractivity contribution < 1.29 is 0 Å². The number of aryl methyl sites for hydroxylation is 1. The predicted molar refractivity (Wildman–Crippen MR) is 68.2 cm³/mol. The van der Waals surface area contributed by atoms with Gasteiger partial charge in [-0.25, -0.2) is 0 Å². The van der Waals surface area contributed by atoms with Gasteiger partial charge in [0.2, 0.25) is 0 Å². The van der Waals surface area contributed by atoms with Gasteiger partial charge in [0.15, 0.2) is 0 Å². The Morgan fingerprint density at radius 2 is 2.18 bits per heavy atom. The Labute approximate surface area is 105 Å². The molecule has 0 aliphatic carbocycles. The van der Waals surface area contributed by atoms with Crippen molar-refractivity contribution in [2.24, 2.45) is 0 Å². The third kappa shape index (κ3) is 2.23. The third-order valence-corrected chi connectivity index (χ3v) is 3.61. The summed E-state index contributed by atoms with van der Waals surface area (Å²) in [6.45, 7) is 6.24. The molecule has 0 saturated heterocycles. The topological polar surface area (TPSA) is 55.6 Å². The van der Waals surface area contributed by atoms with Crippen LogP contribution in [0, 0.1) is 6.92 Å². The van der Waals surface area contributed by atoms with Crippen molar-refractivity contribution in [2.45, 2.75) is 32.9 Å². The van der Waals surface area contributed by atoms with E-state index in [2.05, 4.69) is 33.8 Å². The lowest BCUT2D eigenvalue weighted by molar-refractivity contribution is 0.485. The Bertz CT molecular complexity index is 488. The van der Waals surface area contributed by atoms with Gasteiger partial charge in [-0.2, -0.15) is 5.10 Å². The Hall–Kier alpha value is -1.27. The molecule has 6 heteroatoms. The van der Waals surface area contributed by atoms with Gasteiger partial charge in [-0.1, -0.05) is 4.49 Å². The second-order valence-electron chi connectivity index (χ2n) is 4.24. The van der Waals surface area contributed by atoms with Crippen LogP contribution in [-0.2, 0) is 0 Å². The lowest BCUT2D eigenvalue weighted by atomic mass is 10.1. The number of rotatable bonds is 4. The van der Waals surface area contributed by atoms with Crippen LogP contribution in [0.2, 0.25) is 0 Å². The van der Waals surface area contributed by atoms with Gasteiger partial charge >= 0.3 is 0 Å². The maximum Gasteiger partial charge on any atom is 0.0874 e. The molecular formula is C11H17N5S. The fourth-order valence-electron chi connectivity index (χ4n) is 1.90. The molecule has 0 amide bonds. The van der Waals surface area contributed by atoms with Gasteiger partial charge in [-0.3, -0.25) is 4.68 Å². The number of hydrogen-bond acceptors (Lipinski definition) is 5. The van der Waals surface area contributed by atoms with Crippen LogP contribution in [0.4, 0.5) is 0 Å². The van der Waals surface area contributed by atoms with Crippen molar-refractivity contribution in [3.8, 4) is 0 Å². The summed E-state index contributed by atoms with van der Waals surface area (Å²) in [7, 11) is 1.95. The molecule has 0 fully saturated rings. The predicted octanol–water partition coefficient (Wildman–Crippen LogP) is 1.93. The molecule has 92 valence electrons. The van der Waals surface area contributed by atoms with E-state index in [1.807, 2.05) is 30.9 Å². The summed E-state index contributed by atoms with van der Waals surface area (Å²) in [4.78, 5) is 1.15. The molecule has 1 unspecified atom stereocenters. The molecule has 5 nitrogen and oxygen atoms in total. The standard InChI is InChI=1S/C11H17N5S/c1-7(2)16-9(5-6-13-16)10(12-4)11-8(3)14-15-17-11/h5-7,10,12H,1-4H3. The molecular weight excluding hydrogens is 234 g/mol. The maximum atomic E-state index is 4.36. The van der Waals surface area contributed by atoms with Crippen molar-refractivity contribution in [1.29, 1.82) is 0 Å². The van der Waals surface area contributed by atoms with Gasteiger partial charge in [0.25, 0.3) is 0 Å². The second kappa shape index (κ2) is 4.93. The molecule has 1 atom stereocenters. The molecule has 2 heterocycles. The van der Waals surface area contributed by atoms with Crippen molar-refractivity contribution >= 4 is 11.5 Å². The SMILES string of the molecule is CNC(c1snnc1C)c1ccnn1C(C)C. The van der Waals surface area contributed by atoms with Gasteiger partial charge < -0.3 is 5.32 Å². The fraction of sp³-hybridized carbons (Fsp3) is 0.545. The van der Waals surface area contributed by atoms with Crippen LogP contribution in [0.5, 0.6) is 0 Å². The summed E-state index contributed by atoms with van der Waals surface area (Å²) in [6, 6.07) is 2.50. The number of nitrogens with one attached hydrogen (secondary N) is 1. The van der Waals surface area contributed by atoms with E-state index in [9.17, 15) is 0 Å².